The van der Waals surface area contributed by atoms with E-state index >= 15 is 0 Å². The SMILES string of the molecule is CC(C)[C@@H]1CC[C@@H](C)CC1=O.CC(C)[C@@H]1CC[C@@H](C)C[C@@H]1O.CC(C)[C@@H]1CC[C@@H](C)C[C@H]1O. The summed E-state index contributed by atoms with van der Waals surface area (Å²) in [6.45, 7) is 19.8. The molecule has 0 unspecified atom stereocenters. The smallest absolute Gasteiger partial charge is 0.136 e. The minimum Gasteiger partial charge on any atom is -0.393 e. The van der Waals surface area contributed by atoms with Crippen LogP contribution in [0, 0.1) is 53.3 Å². The fourth-order valence-electron chi connectivity index (χ4n) is 6.23. The van der Waals surface area contributed by atoms with Crippen molar-refractivity contribution >= 4 is 5.78 Å². The van der Waals surface area contributed by atoms with Crippen LogP contribution >= 0.6 is 0 Å². The summed E-state index contributed by atoms with van der Waals surface area (Å²) in [5.41, 5.74) is 0. The lowest BCUT2D eigenvalue weighted by atomic mass is 9.75. The maximum Gasteiger partial charge on any atom is 0.136 e. The van der Waals surface area contributed by atoms with Crippen molar-refractivity contribution < 1.29 is 15.0 Å². The van der Waals surface area contributed by atoms with Crippen LogP contribution < -0.4 is 0 Å². The highest BCUT2D eigenvalue weighted by molar-refractivity contribution is 5.82. The van der Waals surface area contributed by atoms with Crippen LogP contribution in [0.3, 0.4) is 0 Å². The predicted molar refractivity (Wildman–Crippen MR) is 141 cm³/mol. The highest BCUT2D eigenvalue weighted by Crippen LogP contribution is 2.34. The molecule has 0 aliphatic heterocycles. The number of ketones is 1. The van der Waals surface area contributed by atoms with Crippen molar-refractivity contribution in [2.24, 2.45) is 53.3 Å². The molecule has 3 nitrogen and oxygen atoms in total. The van der Waals surface area contributed by atoms with Gasteiger partial charge in [0.2, 0.25) is 0 Å². The summed E-state index contributed by atoms with van der Waals surface area (Å²) in [6.07, 6.45) is 10.2. The summed E-state index contributed by atoms with van der Waals surface area (Å²) in [7, 11) is 0. The number of aliphatic hydroxyl groups excluding tert-OH is 2. The molecule has 2 N–H and O–H groups in total. The molecule has 0 radical (unpaired) electrons. The number of hydrogen-bond acceptors (Lipinski definition) is 3. The van der Waals surface area contributed by atoms with Crippen molar-refractivity contribution in [3.8, 4) is 0 Å². The molecule has 3 aliphatic carbocycles. The third kappa shape index (κ3) is 10.8. The average molecular weight is 467 g/mol. The molecule has 3 aliphatic rings. The predicted octanol–water partition coefficient (Wildman–Crippen LogP) is 7.53. The van der Waals surface area contributed by atoms with Crippen molar-refractivity contribution in [2.75, 3.05) is 0 Å². The van der Waals surface area contributed by atoms with Crippen molar-refractivity contribution in [3.63, 3.8) is 0 Å². The Morgan fingerprint density at radius 2 is 1.00 bits per heavy atom. The van der Waals surface area contributed by atoms with E-state index in [1.807, 2.05) is 0 Å². The molecule has 196 valence electrons. The van der Waals surface area contributed by atoms with E-state index in [1.165, 1.54) is 32.1 Å². The molecular weight excluding hydrogens is 408 g/mol. The van der Waals surface area contributed by atoms with Gasteiger partial charge in [-0.1, -0.05) is 75.2 Å². The van der Waals surface area contributed by atoms with Gasteiger partial charge in [-0.25, -0.2) is 0 Å². The first kappa shape index (κ1) is 30.6. The zero-order chi connectivity index (χ0) is 25.3. The molecular formula is C30H58O3. The van der Waals surface area contributed by atoms with Crippen LogP contribution in [0.15, 0.2) is 0 Å². The van der Waals surface area contributed by atoms with E-state index < -0.39 is 0 Å². The largest absolute Gasteiger partial charge is 0.393 e. The number of carbonyl (C=O) groups is 1. The zero-order valence-corrected chi connectivity index (χ0v) is 23.5. The first-order chi connectivity index (χ1) is 15.3. The Morgan fingerprint density at radius 3 is 1.30 bits per heavy atom. The van der Waals surface area contributed by atoms with Gasteiger partial charge < -0.3 is 10.2 Å². The van der Waals surface area contributed by atoms with E-state index in [4.69, 9.17) is 0 Å². The molecule has 0 aromatic heterocycles. The summed E-state index contributed by atoms with van der Waals surface area (Å²) in [5, 5.41) is 19.4. The second-order valence-electron chi connectivity index (χ2n) is 13.0. The molecule has 0 spiro atoms. The molecule has 0 aromatic carbocycles. The molecule has 0 heterocycles. The van der Waals surface area contributed by atoms with Crippen molar-refractivity contribution in [3.05, 3.63) is 0 Å². The quantitative estimate of drug-likeness (QED) is 0.452. The standard InChI is InChI=1S/2C10H20O.C10H18O/c3*1-7(2)9-5-4-8(3)6-10(9)11/h2*7-11H,4-6H2,1-3H3;7-9H,4-6H2,1-3H3/t8-,9+,10+;8-,9+,10-;8-,9+/m111/s1. The van der Waals surface area contributed by atoms with E-state index in [1.54, 1.807) is 0 Å². The van der Waals surface area contributed by atoms with Crippen molar-refractivity contribution in [1.29, 1.82) is 0 Å². The second-order valence-corrected chi connectivity index (χ2v) is 13.0. The van der Waals surface area contributed by atoms with Gasteiger partial charge in [0.15, 0.2) is 0 Å². The Bertz CT molecular complexity index is 511. The van der Waals surface area contributed by atoms with Gasteiger partial charge in [-0.05, 0) is 85.9 Å². The maximum absolute atomic E-state index is 11.4. The van der Waals surface area contributed by atoms with Crippen LogP contribution in [-0.2, 0) is 4.79 Å². The molecule has 3 saturated carbocycles. The van der Waals surface area contributed by atoms with E-state index in [-0.39, 0.29) is 12.2 Å². The molecule has 0 bridgehead atoms. The number of aliphatic hydroxyl groups is 2. The lowest BCUT2D eigenvalue weighted by Crippen LogP contribution is -2.31. The van der Waals surface area contributed by atoms with E-state index in [0.29, 0.717) is 47.2 Å². The highest BCUT2D eigenvalue weighted by atomic mass is 16.3. The van der Waals surface area contributed by atoms with Crippen LogP contribution in [-0.4, -0.2) is 28.2 Å². The van der Waals surface area contributed by atoms with Gasteiger partial charge in [-0.15, -0.1) is 0 Å². The topological polar surface area (TPSA) is 57.5 Å². The summed E-state index contributed by atoms with van der Waals surface area (Å²) >= 11 is 0. The number of hydrogen-bond donors (Lipinski definition) is 2. The van der Waals surface area contributed by atoms with Crippen LogP contribution in [0.5, 0.6) is 0 Å². The highest BCUT2D eigenvalue weighted by Gasteiger charge is 2.30. The van der Waals surface area contributed by atoms with Gasteiger partial charge in [0.1, 0.15) is 5.78 Å². The third-order valence-corrected chi connectivity index (χ3v) is 8.71. The van der Waals surface area contributed by atoms with E-state index in [9.17, 15) is 15.0 Å². The van der Waals surface area contributed by atoms with Crippen LogP contribution in [0.2, 0.25) is 0 Å². The third-order valence-electron chi connectivity index (χ3n) is 8.71. The lowest BCUT2D eigenvalue weighted by Gasteiger charge is -2.33. The average Bonchev–Trinajstić information content (AvgIpc) is 2.68. The Kier molecular flexibility index (Phi) is 13.8. The van der Waals surface area contributed by atoms with Crippen LogP contribution in [0.4, 0.5) is 0 Å². The fourth-order valence-corrected chi connectivity index (χ4v) is 6.23. The van der Waals surface area contributed by atoms with Gasteiger partial charge in [0, 0.05) is 12.3 Å². The fraction of sp³-hybridized carbons (Fsp3) is 0.967. The number of carbonyl (C=O) groups excluding carboxylic acids is 1. The number of Topliss-reactive ketones (excluding diaryl/α,β-unsaturated/α-hetero) is 1. The van der Waals surface area contributed by atoms with Gasteiger partial charge in [0.05, 0.1) is 12.2 Å². The van der Waals surface area contributed by atoms with E-state index in [0.717, 1.165) is 37.5 Å². The van der Waals surface area contributed by atoms with Crippen LogP contribution in [0.1, 0.15) is 120 Å². The second kappa shape index (κ2) is 14.9. The van der Waals surface area contributed by atoms with Crippen LogP contribution in [0.25, 0.3) is 0 Å². The van der Waals surface area contributed by atoms with Gasteiger partial charge in [-0.3, -0.25) is 4.79 Å². The first-order valence-electron chi connectivity index (χ1n) is 14.2. The molecule has 0 aromatic rings. The molecule has 3 rings (SSSR count). The van der Waals surface area contributed by atoms with Crippen molar-refractivity contribution in [2.45, 2.75) is 132 Å². The zero-order valence-electron chi connectivity index (χ0n) is 23.5. The normalized spacial score (nSPS) is 37.3. The van der Waals surface area contributed by atoms with Crippen molar-refractivity contribution in [1.82, 2.24) is 0 Å². The monoisotopic (exact) mass is 466 g/mol. The number of rotatable bonds is 3. The Balaban J connectivity index is 0.000000247. The molecule has 0 amide bonds. The Labute approximate surface area is 206 Å². The van der Waals surface area contributed by atoms with Gasteiger partial charge >= 0.3 is 0 Å². The molecule has 33 heavy (non-hydrogen) atoms. The first-order valence-corrected chi connectivity index (χ1v) is 14.2. The summed E-state index contributed by atoms with van der Waals surface area (Å²) in [5.74, 6) is 5.95. The summed E-state index contributed by atoms with van der Waals surface area (Å²) in [6, 6.07) is 0. The molecule has 3 heteroatoms. The summed E-state index contributed by atoms with van der Waals surface area (Å²) in [4.78, 5) is 11.4. The molecule has 3 fully saturated rings. The van der Waals surface area contributed by atoms with E-state index in [2.05, 4.69) is 62.3 Å². The molecule has 8 atom stereocenters. The van der Waals surface area contributed by atoms with Gasteiger partial charge in [-0.2, -0.15) is 0 Å². The van der Waals surface area contributed by atoms with Gasteiger partial charge in [0.25, 0.3) is 0 Å². The summed E-state index contributed by atoms with van der Waals surface area (Å²) < 4.78 is 0. The minimum absolute atomic E-state index is 0.0289. The lowest BCUT2D eigenvalue weighted by molar-refractivity contribution is -0.127. The Hall–Kier alpha value is -0.410. The molecule has 0 saturated heterocycles. The minimum atomic E-state index is -0.0289. The Morgan fingerprint density at radius 1 is 0.606 bits per heavy atom. The maximum atomic E-state index is 11.4.